The van der Waals surface area contributed by atoms with Crippen LogP contribution in [0.2, 0.25) is 0 Å². The van der Waals surface area contributed by atoms with Gasteiger partial charge in [0.25, 0.3) is 11.8 Å². The first-order valence-corrected chi connectivity index (χ1v) is 13.5. The van der Waals surface area contributed by atoms with Gasteiger partial charge in [0.1, 0.15) is 11.4 Å². The molecular weight excluding hydrogens is 500 g/mol. The van der Waals surface area contributed by atoms with Crippen LogP contribution < -0.4 is 9.64 Å². The highest BCUT2D eigenvalue weighted by atomic mass is 16.5. The van der Waals surface area contributed by atoms with Crippen molar-refractivity contribution >= 4 is 17.5 Å². The third-order valence-corrected chi connectivity index (χ3v) is 7.55. The Kier molecular flexibility index (Phi) is 7.76. The van der Waals surface area contributed by atoms with Crippen molar-refractivity contribution in [3.05, 3.63) is 107 Å². The van der Waals surface area contributed by atoms with E-state index in [1.807, 2.05) is 112 Å². The van der Waals surface area contributed by atoms with Crippen LogP contribution in [-0.2, 0) is 13.1 Å². The average Bonchev–Trinajstić information content (AvgIpc) is 3.27. The van der Waals surface area contributed by atoms with E-state index in [0.717, 1.165) is 45.9 Å². The van der Waals surface area contributed by atoms with Crippen molar-refractivity contribution in [1.82, 2.24) is 14.4 Å². The zero-order valence-electron chi connectivity index (χ0n) is 23.8. The molecule has 2 heterocycles. The number of fused-ring (bicyclic) bond motifs is 2. The summed E-state index contributed by atoms with van der Waals surface area (Å²) in [5.74, 6) is 0.704. The molecule has 0 aliphatic carbocycles. The Bertz CT molecular complexity index is 1560. The Morgan fingerprint density at radius 3 is 2.42 bits per heavy atom. The lowest BCUT2D eigenvalue weighted by molar-refractivity contribution is 0.0775. The Balaban J connectivity index is 1.47. The van der Waals surface area contributed by atoms with Crippen molar-refractivity contribution in [2.45, 2.75) is 20.0 Å². The van der Waals surface area contributed by atoms with Gasteiger partial charge in [-0.2, -0.15) is 0 Å². The Morgan fingerprint density at radius 2 is 1.68 bits per heavy atom. The highest BCUT2D eigenvalue weighted by molar-refractivity contribution is 6.07. The number of hydrogen-bond donors (Lipinski definition) is 0. The summed E-state index contributed by atoms with van der Waals surface area (Å²) in [6.45, 7) is 4.35. The van der Waals surface area contributed by atoms with Gasteiger partial charge in [-0.1, -0.05) is 36.4 Å². The van der Waals surface area contributed by atoms with Gasteiger partial charge in [-0.05, 0) is 85.7 Å². The Hall–Kier alpha value is -4.36. The van der Waals surface area contributed by atoms with Crippen LogP contribution in [0.5, 0.6) is 5.75 Å². The zero-order valence-corrected chi connectivity index (χ0v) is 23.8. The highest BCUT2D eigenvalue weighted by Gasteiger charge is 2.28. The van der Waals surface area contributed by atoms with Gasteiger partial charge in [0, 0.05) is 37.1 Å². The quantitative estimate of drug-likeness (QED) is 0.321. The van der Waals surface area contributed by atoms with E-state index in [0.29, 0.717) is 30.9 Å². The van der Waals surface area contributed by atoms with Gasteiger partial charge < -0.3 is 24.0 Å². The molecule has 4 aromatic rings. The van der Waals surface area contributed by atoms with Gasteiger partial charge in [0.2, 0.25) is 0 Å². The van der Waals surface area contributed by atoms with Gasteiger partial charge in [-0.25, -0.2) is 0 Å². The number of ether oxygens (including phenoxy) is 1. The van der Waals surface area contributed by atoms with E-state index in [1.54, 1.807) is 12.0 Å². The molecule has 0 bridgehead atoms. The van der Waals surface area contributed by atoms with E-state index in [-0.39, 0.29) is 11.8 Å². The molecule has 1 aromatic heterocycles. The van der Waals surface area contributed by atoms with Gasteiger partial charge >= 0.3 is 0 Å². The number of hydrogen-bond acceptors (Lipinski definition) is 4. The zero-order chi connectivity index (χ0) is 28.4. The minimum Gasteiger partial charge on any atom is -0.497 e. The predicted molar refractivity (Wildman–Crippen MR) is 159 cm³/mol. The minimum atomic E-state index is -0.0710. The van der Waals surface area contributed by atoms with E-state index in [1.165, 1.54) is 0 Å². The molecule has 2 amide bonds. The number of benzene rings is 3. The number of likely N-dealkylation sites (N-methyl/N-ethyl adjacent to an activating group) is 2. The van der Waals surface area contributed by atoms with Crippen molar-refractivity contribution in [1.29, 1.82) is 0 Å². The lowest BCUT2D eigenvalue weighted by Gasteiger charge is -2.23. The smallest absolute Gasteiger partial charge is 0.270 e. The SMILES string of the molecule is COc1cccc(-c2ccc(C(=O)N3Cc4ccc(C(=O)N(C)CCN(C)C)n4Cc4ccccc43)cc2C)c1. The molecule has 0 radical (unpaired) electrons. The number of aryl methyl sites for hydroxylation is 1. The molecule has 0 fully saturated rings. The van der Waals surface area contributed by atoms with E-state index in [2.05, 4.69) is 9.47 Å². The number of aromatic nitrogens is 1. The monoisotopic (exact) mass is 536 g/mol. The molecule has 0 saturated heterocycles. The molecular formula is C33H36N4O3. The van der Waals surface area contributed by atoms with Crippen LogP contribution in [0.25, 0.3) is 11.1 Å². The topological polar surface area (TPSA) is 58.0 Å². The lowest BCUT2D eigenvalue weighted by Crippen LogP contribution is -2.34. The predicted octanol–water partition coefficient (Wildman–Crippen LogP) is 5.31. The maximum Gasteiger partial charge on any atom is 0.270 e. The third kappa shape index (κ3) is 5.38. The second kappa shape index (κ2) is 11.4. The van der Waals surface area contributed by atoms with Crippen LogP contribution in [0, 0.1) is 6.92 Å². The molecule has 206 valence electrons. The number of methoxy groups -OCH3 is 1. The number of carbonyl (C=O) groups is 2. The molecule has 7 heteroatoms. The van der Waals surface area contributed by atoms with E-state index < -0.39 is 0 Å². The van der Waals surface area contributed by atoms with Gasteiger partial charge in [0.05, 0.1) is 20.2 Å². The van der Waals surface area contributed by atoms with Crippen LogP contribution in [0.1, 0.15) is 37.7 Å². The van der Waals surface area contributed by atoms with Crippen LogP contribution in [-0.4, -0.2) is 67.5 Å². The number of rotatable bonds is 7. The number of anilines is 1. The van der Waals surface area contributed by atoms with Crippen molar-refractivity contribution in [2.24, 2.45) is 0 Å². The molecule has 0 N–H and O–H groups in total. The fourth-order valence-electron chi connectivity index (χ4n) is 5.24. The normalized spacial score (nSPS) is 12.5. The maximum atomic E-state index is 14.0. The first kappa shape index (κ1) is 27.2. The average molecular weight is 537 g/mol. The van der Waals surface area contributed by atoms with E-state index in [9.17, 15) is 9.59 Å². The number of nitrogens with zero attached hydrogens (tertiary/aromatic N) is 4. The molecule has 0 saturated carbocycles. The van der Waals surface area contributed by atoms with Crippen molar-refractivity contribution in [3.8, 4) is 16.9 Å². The fraction of sp³-hybridized carbons (Fsp3) is 0.273. The summed E-state index contributed by atoms with van der Waals surface area (Å²) in [7, 11) is 7.49. The fourth-order valence-corrected chi connectivity index (χ4v) is 5.24. The first-order valence-electron chi connectivity index (χ1n) is 13.5. The molecule has 5 rings (SSSR count). The summed E-state index contributed by atoms with van der Waals surface area (Å²) < 4.78 is 7.45. The van der Waals surface area contributed by atoms with Crippen molar-refractivity contribution in [2.75, 3.05) is 46.2 Å². The molecule has 0 unspecified atom stereocenters. The number of amides is 2. The Labute approximate surface area is 236 Å². The van der Waals surface area contributed by atoms with Crippen molar-refractivity contribution in [3.63, 3.8) is 0 Å². The summed E-state index contributed by atoms with van der Waals surface area (Å²) in [4.78, 5) is 33.1. The van der Waals surface area contributed by atoms with Crippen LogP contribution in [0.4, 0.5) is 5.69 Å². The summed E-state index contributed by atoms with van der Waals surface area (Å²) >= 11 is 0. The summed E-state index contributed by atoms with van der Waals surface area (Å²) in [6.07, 6.45) is 0. The Morgan fingerprint density at radius 1 is 0.875 bits per heavy atom. The molecule has 1 aliphatic heterocycles. The van der Waals surface area contributed by atoms with Gasteiger partial charge in [-0.3, -0.25) is 9.59 Å². The molecule has 40 heavy (non-hydrogen) atoms. The van der Waals surface area contributed by atoms with Crippen LogP contribution >= 0.6 is 0 Å². The second-order valence-corrected chi connectivity index (χ2v) is 10.6. The van der Waals surface area contributed by atoms with Gasteiger partial charge in [-0.15, -0.1) is 0 Å². The molecule has 0 atom stereocenters. The first-order chi connectivity index (χ1) is 19.3. The molecule has 3 aromatic carbocycles. The molecule has 7 nitrogen and oxygen atoms in total. The van der Waals surface area contributed by atoms with Crippen molar-refractivity contribution < 1.29 is 14.3 Å². The summed E-state index contributed by atoms with van der Waals surface area (Å²) in [5, 5.41) is 0. The number of para-hydroxylation sites is 1. The molecule has 1 aliphatic rings. The minimum absolute atomic E-state index is 0.0193. The maximum absolute atomic E-state index is 14.0. The third-order valence-electron chi connectivity index (χ3n) is 7.55. The van der Waals surface area contributed by atoms with Crippen LogP contribution in [0.15, 0.2) is 78.9 Å². The summed E-state index contributed by atoms with van der Waals surface area (Å²) in [5.41, 5.74) is 7.17. The van der Waals surface area contributed by atoms with Crippen LogP contribution in [0.3, 0.4) is 0 Å². The molecule has 0 spiro atoms. The second-order valence-electron chi connectivity index (χ2n) is 10.6. The number of carbonyl (C=O) groups excluding carboxylic acids is 2. The van der Waals surface area contributed by atoms with E-state index >= 15 is 0 Å². The van der Waals surface area contributed by atoms with E-state index in [4.69, 9.17) is 4.74 Å². The van der Waals surface area contributed by atoms with Gasteiger partial charge in [0.15, 0.2) is 0 Å². The largest absolute Gasteiger partial charge is 0.497 e. The summed E-state index contributed by atoms with van der Waals surface area (Å²) in [6, 6.07) is 25.6. The highest BCUT2D eigenvalue weighted by Crippen LogP contribution is 2.32. The standard InChI is InChI=1S/C33H36N4O3/c1-23-19-25(13-15-29(23)24-10-8-11-28(20-24)40-5)32(38)37-22-27-14-16-31(33(39)35(4)18-17-34(2)3)36(27)21-26-9-6-7-12-30(26)37/h6-16,19-20H,17-18,21-22H2,1-5H3. The lowest BCUT2D eigenvalue weighted by atomic mass is 9.97.